The second-order valence-corrected chi connectivity index (χ2v) is 7.20. The van der Waals surface area contributed by atoms with Crippen LogP contribution in [0.25, 0.3) is 21.5 Å². The maximum Gasteiger partial charge on any atom is 0.186 e. The van der Waals surface area contributed by atoms with Gasteiger partial charge in [0.05, 0.1) is 6.10 Å². The largest absolute Gasteiger partial charge is 0.388 e. The Labute approximate surface area is 157 Å². The second kappa shape index (κ2) is 6.55. The molecule has 0 saturated carbocycles. The van der Waals surface area contributed by atoms with Crippen molar-refractivity contribution in [3.8, 4) is 0 Å². The van der Waals surface area contributed by atoms with Gasteiger partial charge in [-0.1, -0.05) is 48.5 Å². The number of aliphatic hydroxyl groups is 1. The van der Waals surface area contributed by atoms with E-state index < -0.39 is 30.9 Å². The molecule has 0 bridgehead atoms. The molecule has 0 aliphatic carbocycles. The highest BCUT2D eigenvalue weighted by molar-refractivity contribution is 6.02. The lowest BCUT2D eigenvalue weighted by Crippen LogP contribution is -2.55. The Bertz CT molecular complexity index is 927. The zero-order valence-corrected chi connectivity index (χ0v) is 15.2. The van der Waals surface area contributed by atoms with Gasteiger partial charge in [-0.05, 0) is 34.5 Å². The molecule has 27 heavy (non-hydrogen) atoms. The molecule has 0 aromatic heterocycles. The van der Waals surface area contributed by atoms with E-state index in [2.05, 4.69) is 30.3 Å². The molecule has 2 heterocycles. The van der Waals surface area contributed by atoms with Gasteiger partial charge in [-0.15, -0.1) is 0 Å². The van der Waals surface area contributed by atoms with Crippen LogP contribution < -0.4 is 0 Å². The maximum atomic E-state index is 10.6. The van der Waals surface area contributed by atoms with Crippen LogP contribution >= 0.6 is 0 Å². The topological polar surface area (TPSA) is 57.2 Å². The van der Waals surface area contributed by atoms with Gasteiger partial charge >= 0.3 is 0 Å². The Morgan fingerprint density at radius 1 is 0.852 bits per heavy atom. The fourth-order valence-electron chi connectivity index (χ4n) is 4.23. The van der Waals surface area contributed by atoms with Gasteiger partial charge in [0.1, 0.15) is 18.3 Å². The first-order valence-electron chi connectivity index (χ1n) is 9.25. The third kappa shape index (κ3) is 2.66. The Hall–Kier alpha value is -2.02. The van der Waals surface area contributed by atoms with Crippen molar-refractivity contribution in [3.63, 3.8) is 0 Å². The van der Waals surface area contributed by atoms with Gasteiger partial charge in [-0.2, -0.15) is 0 Å². The average Bonchev–Trinajstić information content (AvgIpc) is 3.14. The summed E-state index contributed by atoms with van der Waals surface area (Å²) in [6.45, 7) is 1.82. The van der Waals surface area contributed by atoms with Gasteiger partial charge in [-0.3, -0.25) is 0 Å². The van der Waals surface area contributed by atoms with Gasteiger partial charge in [-0.25, -0.2) is 0 Å². The van der Waals surface area contributed by atoms with E-state index in [0.717, 1.165) is 27.1 Å². The van der Waals surface area contributed by atoms with E-state index in [-0.39, 0.29) is 6.10 Å². The van der Waals surface area contributed by atoms with Crippen LogP contribution in [-0.4, -0.2) is 42.9 Å². The molecule has 0 radical (unpaired) electrons. The maximum absolute atomic E-state index is 10.6. The van der Waals surface area contributed by atoms with Crippen molar-refractivity contribution in [2.45, 2.75) is 43.9 Å². The van der Waals surface area contributed by atoms with Crippen molar-refractivity contribution < 1.29 is 24.1 Å². The average molecular weight is 366 g/mol. The van der Waals surface area contributed by atoms with E-state index >= 15 is 0 Å². The van der Waals surface area contributed by atoms with Crippen molar-refractivity contribution in [2.24, 2.45) is 0 Å². The molecule has 140 valence electrons. The number of fused-ring (bicyclic) bond motifs is 3. The molecule has 5 nitrogen and oxygen atoms in total. The van der Waals surface area contributed by atoms with Crippen molar-refractivity contribution in [1.29, 1.82) is 0 Å². The first kappa shape index (κ1) is 17.1. The lowest BCUT2D eigenvalue weighted by Gasteiger charge is -2.37. The Kier molecular flexibility index (Phi) is 4.15. The number of ether oxygens (including phenoxy) is 4. The summed E-state index contributed by atoms with van der Waals surface area (Å²) >= 11 is 0. The highest BCUT2D eigenvalue weighted by atomic mass is 16.8. The summed E-state index contributed by atoms with van der Waals surface area (Å²) in [5.74, 6) is 0. The number of rotatable bonds is 2. The van der Waals surface area contributed by atoms with Crippen LogP contribution in [0.3, 0.4) is 0 Å². The van der Waals surface area contributed by atoms with Crippen LogP contribution in [0.15, 0.2) is 54.6 Å². The first-order valence-corrected chi connectivity index (χ1v) is 9.25. The monoisotopic (exact) mass is 366 g/mol. The van der Waals surface area contributed by atoms with Crippen LogP contribution in [-0.2, 0) is 18.9 Å². The van der Waals surface area contributed by atoms with Crippen LogP contribution in [0.4, 0.5) is 0 Å². The van der Waals surface area contributed by atoms with Gasteiger partial charge in [0.2, 0.25) is 0 Å². The molecule has 0 unspecified atom stereocenters. The molecule has 2 aliphatic heterocycles. The molecular formula is C22H22O5. The summed E-state index contributed by atoms with van der Waals surface area (Å²) in [7, 11) is 1.58. The highest BCUT2D eigenvalue weighted by Gasteiger charge is 2.52. The fourth-order valence-corrected chi connectivity index (χ4v) is 4.23. The molecule has 2 aliphatic rings. The molecule has 3 aromatic carbocycles. The molecule has 0 spiro atoms. The molecular weight excluding hydrogens is 344 g/mol. The van der Waals surface area contributed by atoms with Crippen molar-refractivity contribution in [2.75, 3.05) is 7.11 Å². The Balaban J connectivity index is 1.65. The molecule has 0 amide bonds. The predicted molar refractivity (Wildman–Crippen MR) is 101 cm³/mol. The van der Waals surface area contributed by atoms with Crippen LogP contribution in [0.2, 0.25) is 0 Å². The standard InChI is InChI=1S/C22H22O5/c1-12-18(23)19-20(22(24-2)25-12)27-21(26-19)17-15-9-5-3-7-13(15)11-14-8-4-6-10-16(14)17/h3-12,18-23H,1-2H3/t12-,18-,19+,20+,21+,22+/m0/s1. The lowest BCUT2D eigenvalue weighted by atomic mass is 9.96. The third-order valence-corrected chi connectivity index (χ3v) is 5.60. The van der Waals surface area contributed by atoms with Crippen LogP contribution in [0.5, 0.6) is 0 Å². The Morgan fingerprint density at radius 3 is 2.07 bits per heavy atom. The summed E-state index contributed by atoms with van der Waals surface area (Å²) in [5.41, 5.74) is 0.979. The summed E-state index contributed by atoms with van der Waals surface area (Å²) in [4.78, 5) is 0. The smallest absolute Gasteiger partial charge is 0.186 e. The van der Waals surface area contributed by atoms with Crippen LogP contribution in [0, 0.1) is 0 Å². The SMILES string of the molecule is CO[C@@H]1O[C@@H](C)[C@H](O)[C@H]2O[C@@H](c3c4ccccc4cc4ccccc34)O[C@@H]12. The van der Waals surface area contributed by atoms with Gasteiger partial charge in [0.15, 0.2) is 12.6 Å². The minimum atomic E-state index is -0.771. The number of aliphatic hydroxyl groups excluding tert-OH is 1. The third-order valence-electron chi connectivity index (χ3n) is 5.60. The highest BCUT2D eigenvalue weighted by Crippen LogP contribution is 2.43. The van der Waals surface area contributed by atoms with E-state index in [1.165, 1.54) is 0 Å². The van der Waals surface area contributed by atoms with Crippen molar-refractivity contribution in [3.05, 3.63) is 60.2 Å². The van der Waals surface area contributed by atoms with E-state index in [0.29, 0.717) is 0 Å². The van der Waals surface area contributed by atoms with Gasteiger partial charge in [0, 0.05) is 12.7 Å². The molecule has 6 atom stereocenters. The van der Waals surface area contributed by atoms with E-state index in [1.54, 1.807) is 7.11 Å². The molecule has 1 N–H and O–H groups in total. The predicted octanol–water partition coefficient (Wildman–Crippen LogP) is 3.53. The molecule has 5 rings (SSSR count). The minimum Gasteiger partial charge on any atom is -0.388 e. The van der Waals surface area contributed by atoms with E-state index in [1.807, 2.05) is 31.2 Å². The van der Waals surface area contributed by atoms with E-state index in [4.69, 9.17) is 18.9 Å². The van der Waals surface area contributed by atoms with Crippen molar-refractivity contribution >= 4 is 21.5 Å². The number of benzene rings is 3. The zero-order chi connectivity index (χ0) is 18.5. The molecule has 2 fully saturated rings. The van der Waals surface area contributed by atoms with Crippen LogP contribution in [0.1, 0.15) is 18.8 Å². The Morgan fingerprint density at radius 2 is 1.44 bits per heavy atom. The second-order valence-electron chi connectivity index (χ2n) is 7.20. The quantitative estimate of drug-likeness (QED) is 0.703. The zero-order valence-electron chi connectivity index (χ0n) is 15.2. The summed E-state index contributed by atoms with van der Waals surface area (Å²) in [5, 5.41) is 15.0. The lowest BCUT2D eigenvalue weighted by molar-refractivity contribution is -0.261. The number of hydrogen-bond acceptors (Lipinski definition) is 5. The van der Waals surface area contributed by atoms with Gasteiger partial charge in [0.25, 0.3) is 0 Å². The van der Waals surface area contributed by atoms with Crippen molar-refractivity contribution in [1.82, 2.24) is 0 Å². The fraction of sp³-hybridized carbons (Fsp3) is 0.364. The normalized spacial score (nSPS) is 33.4. The molecule has 2 saturated heterocycles. The molecule has 5 heteroatoms. The molecule has 3 aromatic rings. The summed E-state index contributed by atoms with van der Waals surface area (Å²) in [6, 6.07) is 18.6. The number of methoxy groups -OCH3 is 1. The first-order chi connectivity index (χ1) is 13.2. The van der Waals surface area contributed by atoms with E-state index in [9.17, 15) is 5.11 Å². The summed E-state index contributed by atoms with van der Waals surface area (Å²) in [6.07, 6.45) is -3.31. The van der Waals surface area contributed by atoms with Gasteiger partial charge < -0.3 is 24.1 Å². The number of hydrogen-bond donors (Lipinski definition) is 1. The minimum absolute atomic E-state index is 0.386. The summed E-state index contributed by atoms with van der Waals surface area (Å²) < 4.78 is 23.7.